The Kier molecular flexibility index (Phi) is 3.60. The fraction of sp³-hybridized carbons (Fsp3) is 0.286. The summed E-state index contributed by atoms with van der Waals surface area (Å²) in [6.07, 6.45) is 1.63. The average Bonchev–Trinajstić information content (AvgIpc) is 2.37. The molecule has 0 fully saturated rings. The maximum absolute atomic E-state index is 11.9. The van der Waals surface area contributed by atoms with Crippen molar-refractivity contribution in [3.63, 3.8) is 0 Å². The first-order chi connectivity index (χ1) is 9.33. The van der Waals surface area contributed by atoms with Crippen molar-refractivity contribution in [3.05, 3.63) is 29.2 Å². The van der Waals surface area contributed by atoms with Gasteiger partial charge in [-0.1, -0.05) is 11.6 Å². The second-order valence-electron chi connectivity index (χ2n) is 5.01. The Morgan fingerprint density at radius 2 is 2.15 bits per heavy atom. The summed E-state index contributed by atoms with van der Waals surface area (Å²) in [7, 11) is 0. The molecule has 2 heterocycles. The number of hydrogen-bond acceptors (Lipinski definition) is 4. The lowest BCUT2D eigenvalue weighted by Crippen LogP contribution is -2.29. The molecule has 2 aromatic rings. The number of amides is 1. The number of anilines is 1. The largest absolute Gasteiger partial charge is 0.309 e. The van der Waals surface area contributed by atoms with E-state index in [1.807, 2.05) is 13.0 Å². The van der Waals surface area contributed by atoms with Crippen LogP contribution in [-0.4, -0.2) is 15.9 Å². The van der Waals surface area contributed by atoms with Crippen LogP contribution in [0.1, 0.15) is 19.5 Å². The molecular weight excluding hydrogens is 276 g/mol. The first kappa shape index (κ1) is 14.2. The van der Waals surface area contributed by atoms with E-state index < -0.39 is 11.3 Å². The monoisotopic (exact) mass is 288 g/mol. The van der Waals surface area contributed by atoms with E-state index in [0.29, 0.717) is 11.0 Å². The van der Waals surface area contributed by atoms with Crippen LogP contribution < -0.4 is 5.32 Å². The fourth-order valence-corrected chi connectivity index (χ4v) is 1.91. The van der Waals surface area contributed by atoms with Gasteiger partial charge in [-0.3, -0.25) is 4.79 Å². The summed E-state index contributed by atoms with van der Waals surface area (Å²) >= 11 is 5.92. The van der Waals surface area contributed by atoms with Crippen molar-refractivity contribution in [2.75, 3.05) is 5.32 Å². The number of halogens is 1. The van der Waals surface area contributed by atoms with Crippen molar-refractivity contribution in [3.8, 4) is 6.07 Å². The second-order valence-corrected chi connectivity index (χ2v) is 5.40. The number of fused-ring (bicyclic) bond motifs is 1. The highest BCUT2D eigenvalue weighted by Crippen LogP contribution is 2.23. The minimum atomic E-state index is -1.11. The number of pyridine rings is 2. The Balaban J connectivity index is 2.38. The second kappa shape index (κ2) is 5.06. The number of nitrogens with zero attached hydrogens (tertiary/aromatic N) is 3. The molecule has 102 valence electrons. The fourth-order valence-electron chi connectivity index (χ4n) is 1.67. The number of carbonyl (C=O) groups excluding carboxylic acids is 1. The number of nitriles is 1. The maximum Gasteiger partial charge on any atom is 0.245 e. The molecule has 0 aromatic carbocycles. The van der Waals surface area contributed by atoms with Crippen LogP contribution in [-0.2, 0) is 4.79 Å². The molecule has 0 unspecified atom stereocenters. The third-order valence-electron chi connectivity index (χ3n) is 2.96. The minimum absolute atomic E-state index is 0.382. The van der Waals surface area contributed by atoms with Gasteiger partial charge in [0, 0.05) is 17.3 Å². The molecule has 0 aliphatic heterocycles. The lowest BCUT2D eigenvalue weighted by atomic mass is 9.95. The maximum atomic E-state index is 11.9. The topological polar surface area (TPSA) is 78.7 Å². The van der Waals surface area contributed by atoms with Gasteiger partial charge in [-0.25, -0.2) is 9.97 Å². The van der Waals surface area contributed by atoms with Gasteiger partial charge in [0.15, 0.2) is 0 Å². The van der Waals surface area contributed by atoms with Crippen molar-refractivity contribution in [2.45, 2.75) is 20.8 Å². The standard InChI is InChI=1S/C14H13ClN4O/c1-8-10-6-17-12(5-9(10)4-11(15)18-8)19-13(20)14(2,3)7-16/h4-6H,1-3H3,(H,17,19,20). The molecule has 0 atom stereocenters. The van der Waals surface area contributed by atoms with Gasteiger partial charge in [0.2, 0.25) is 5.91 Å². The molecule has 0 aliphatic carbocycles. The predicted molar refractivity (Wildman–Crippen MR) is 77.3 cm³/mol. The first-order valence-electron chi connectivity index (χ1n) is 5.99. The van der Waals surface area contributed by atoms with Crippen LogP contribution in [0.4, 0.5) is 5.82 Å². The van der Waals surface area contributed by atoms with Gasteiger partial charge in [0.25, 0.3) is 0 Å². The van der Waals surface area contributed by atoms with Crippen LogP contribution in [0.25, 0.3) is 10.8 Å². The number of carbonyl (C=O) groups is 1. The van der Waals surface area contributed by atoms with Crippen LogP contribution in [0.5, 0.6) is 0 Å². The molecule has 20 heavy (non-hydrogen) atoms. The zero-order chi connectivity index (χ0) is 14.9. The van der Waals surface area contributed by atoms with Crippen molar-refractivity contribution in [1.29, 1.82) is 5.26 Å². The molecule has 0 saturated heterocycles. The number of rotatable bonds is 2. The molecule has 0 aliphatic rings. The normalized spacial score (nSPS) is 11.2. The van der Waals surface area contributed by atoms with E-state index >= 15 is 0 Å². The van der Waals surface area contributed by atoms with Gasteiger partial charge in [0.1, 0.15) is 16.4 Å². The Hall–Kier alpha value is -2.19. The zero-order valence-corrected chi connectivity index (χ0v) is 12.1. The number of aromatic nitrogens is 2. The number of nitrogens with one attached hydrogen (secondary N) is 1. The smallest absolute Gasteiger partial charge is 0.245 e. The van der Waals surface area contributed by atoms with Gasteiger partial charge in [-0.2, -0.15) is 5.26 Å². The summed E-state index contributed by atoms with van der Waals surface area (Å²) in [6, 6.07) is 5.36. The lowest BCUT2D eigenvalue weighted by molar-refractivity contribution is -0.121. The summed E-state index contributed by atoms with van der Waals surface area (Å²) < 4.78 is 0. The molecular formula is C14H13ClN4O. The lowest BCUT2D eigenvalue weighted by Gasteiger charge is -2.14. The molecule has 0 saturated carbocycles. The summed E-state index contributed by atoms with van der Waals surface area (Å²) in [5, 5.41) is 13.6. The third kappa shape index (κ3) is 2.70. The molecule has 6 heteroatoms. The molecule has 2 aromatic heterocycles. The highest BCUT2D eigenvalue weighted by atomic mass is 35.5. The Morgan fingerprint density at radius 1 is 1.45 bits per heavy atom. The molecule has 5 nitrogen and oxygen atoms in total. The van der Waals surface area contributed by atoms with Crippen LogP contribution in [0, 0.1) is 23.7 Å². The van der Waals surface area contributed by atoms with Crippen molar-refractivity contribution in [1.82, 2.24) is 9.97 Å². The highest BCUT2D eigenvalue weighted by Gasteiger charge is 2.27. The predicted octanol–water partition coefficient (Wildman–Crippen LogP) is 3.08. The van der Waals surface area contributed by atoms with Crippen molar-refractivity contribution in [2.24, 2.45) is 5.41 Å². The van der Waals surface area contributed by atoms with Gasteiger partial charge >= 0.3 is 0 Å². The Morgan fingerprint density at radius 3 is 2.80 bits per heavy atom. The molecule has 0 spiro atoms. The van der Waals surface area contributed by atoms with Crippen molar-refractivity contribution < 1.29 is 4.79 Å². The van der Waals surface area contributed by atoms with E-state index in [1.165, 1.54) is 0 Å². The van der Waals surface area contributed by atoms with Crippen LogP contribution in [0.2, 0.25) is 5.15 Å². The first-order valence-corrected chi connectivity index (χ1v) is 6.37. The van der Waals surface area contributed by atoms with E-state index in [0.717, 1.165) is 16.5 Å². The van der Waals surface area contributed by atoms with Crippen LogP contribution in [0.3, 0.4) is 0 Å². The van der Waals surface area contributed by atoms with Gasteiger partial charge in [-0.05, 0) is 38.3 Å². The molecule has 0 bridgehead atoms. The average molecular weight is 289 g/mol. The van der Waals surface area contributed by atoms with Gasteiger partial charge in [0.05, 0.1) is 6.07 Å². The van der Waals surface area contributed by atoms with E-state index in [2.05, 4.69) is 15.3 Å². The van der Waals surface area contributed by atoms with Gasteiger partial charge in [-0.15, -0.1) is 0 Å². The molecule has 2 rings (SSSR count). The quantitative estimate of drug-likeness (QED) is 0.861. The Bertz CT molecular complexity index is 734. The van der Waals surface area contributed by atoms with E-state index in [-0.39, 0.29) is 0 Å². The van der Waals surface area contributed by atoms with Crippen LogP contribution >= 0.6 is 11.6 Å². The summed E-state index contributed by atoms with van der Waals surface area (Å²) in [5.74, 6) is -0.0174. The highest BCUT2D eigenvalue weighted by molar-refractivity contribution is 6.30. The van der Waals surface area contributed by atoms with E-state index in [1.54, 1.807) is 32.2 Å². The zero-order valence-electron chi connectivity index (χ0n) is 11.4. The van der Waals surface area contributed by atoms with Gasteiger partial charge < -0.3 is 5.32 Å². The summed E-state index contributed by atoms with van der Waals surface area (Å²) in [6.45, 7) is 4.94. The number of hydrogen-bond donors (Lipinski definition) is 1. The van der Waals surface area contributed by atoms with Crippen molar-refractivity contribution >= 4 is 34.1 Å². The number of aryl methyl sites for hydroxylation is 1. The van der Waals surface area contributed by atoms with E-state index in [4.69, 9.17) is 16.9 Å². The van der Waals surface area contributed by atoms with E-state index in [9.17, 15) is 4.79 Å². The molecule has 1 amide bonds. The summed E-state index contributed by atoms with van der Waals surface area (Å²) in [4.78, 5) is 20.2. The minimum Gasteiger partial charge on any atom is -0.309 e. The third-order valence-corrected chi connectivity index (χ3v) is 3.16. The molecule has 0 radical (unpaired) electrons. The summed E-state index contributed by atoms with van der Waals surface area (Å²) in [5.41, 5.74) is -0.335. The SMILES string of the molecule is Cc1nc(Cl)cc2cc(NC(=O)C(C)(C)C#N)ncc12. The Labute approximate surface area is 121 Å². The van der Waals surface area contributed by atoms with Crippen LogP contribution in [0.15, 0.2) is 18.3 Å². The molecule has 1 N–H and O–H groups in total.